The van der Waals surface area contributed by atoms with Crippen LogP contribution in [0.2, 0.25) is 0 Å². The van der Waals surface area contributed by atoms with Gasteiger partial charge in [0.2, 0.25) is 0 Å². The third-order valence-corrected chi connectivity index (χ3v) is 2.70. The highest BCUT2D eigenvalue weighted by atomic mass is 15.0. The van der Waals surface area contributed by atoms with Crippen LogP contribution in [0.5, 0.6) is 0 Å². The van der Waals surface area contributed by atoms with E-state index in [0.717, 1.165) is 24.3 Å². The molecule has 3 nitrogen and oxygen atoms in total. The number of hydrogen-bond acceptors (Lipinski definition) is 3. The van der Waals surface area contributed by atoms with Crippen molar-refractivity contribution < 1.29 is 0 Å². The van der Waals surface area contributed by atoms with Gasteiger partial charge in [0, 0.05) is 12.6 Å². The monoisotopic (exact) mass is 201 g/mol. The number of hydrogen-bond donors (Lipinski definition) is 2. The molecule has 0 amide bonds. The number of nitrogens with zero attached hydrogens (tertiary/aromatic N) is 1. The molecule has 0 aliphatic carbocycles. The Bertz CT molecular complexity index is 361. The minimum absolute atomic E-state index is 0.452. The second kappa shape index (κ2) is 4.81. The van der Waals surface area contributed by atoms with Crippen LogP contribution in [0.4, 0.5) is 5.69 Å². The second-order valence-corrected chi connectivity index (χ2v) is 3.85. The van der Waals surface area contributed by atoms with Crippen LogP contribution in [-0.2, 0) is 0 Å². The normalized spacial score (nSPS) is 20.6. The molecule has 1 aromatic rings. The average molecular weight is 201 g/mol. The summed E-state index contributed by atoms with van der Waals surface area (Å²) in [7, 11) is 0. The van der Waals surface area contributed by atoms with Gasteiger partial charge in [-0.2, -0.15) is 5.26 Å². The zero-order chi connectivity index (χ0) is 10.5. The van der Waals surface area contributed by atoms with Crippen molar-refractivity contribution in [2.75, 3.05) is 18.4 Å². The Kier molecular flexibility index (Phi) is 3.21. The molecular formula is C12H15N3. The third-order valence-electron chi connectivity index (χ3n) is 2.70. The summed E-state index contributed by atoms with van der Waals surface area (Å²) in [5.74, 6) is 0. The summed E-state index contributed by atoms with van der Waals surface area (Å²) in [6, 6.07) is 10.3. The Balaban J connectivity index is 2.06. The molecule has 0 radical (unpaired) electrons. The van der Waals surface area contributed by atoms with Crippen LogP contribution in [-0.4, -0.2) is 19.1 Å². The molecule has 15 heavy (non-hydrogen) atoms. The van der Waals surface area contributed by atoms with Gasteiger partial charge in [0.15, 0.2) is 0 Å². The van der Waals surface area contributed by atoms with Crippen molar-refractivity contribution in [3.05, 3.63) is 29.8 Å². The predicted octanol–water partition coefficient (Wildman–Crippen LogP) is 1.72. The lowest BCUT2D eigenvalue weighted by molar-refractivity contribution is 0.480. The topological polar surface area (TPSA) is 47.9 Å². The molecule has 0 saturated carbocycles. The Morgan fingerprint density at radius 2 is 2.27 bits per heavy atom. The van der Waals surface area contributed by atoms with Crippen LogP contribution in [0, 0.1) is 11.3 Å². The fraction of sp³-hybridized carbons (Fsp3) is 0.417. The Morgan fingerprint density at radius 3 is 3.00 bits per heavy atom. The van der Waals surface area contributed by atoms with Crippen molar-refractivity contribution in [3.8, 4) is 6.07 Å². The van der Waals surface area contributed by atoms with Crippen LogP contribution < -0.4 is 10.6 Å². The zero-order valence-corrected chi connectivity index (χ0v) is 8.66. The molecular weight excluding hydrogens is 186 g/mol. The smallest absolute Gasteiger partial charge is 0.101 e. The van der Waals surface area contributed by atoms with Crippen LogP contribution in [0.1, 0.15) is 18.4 Å². The van der Waals surface area contributed by atoms with E-state index in [4.69, 9.17) is 5.26 Å². The molecule has 0 spiro atoms. The third kappa shape index (κ3) is 2.48. The summed E-state index contributed by atoms with van der Waals surface area (Å²) < 4.78 is 0. The van der Waals surface area contributed by atoms with E-state index in [9.17, 15) is 0 Å². The van der Waals surface area contributed by atoms with Gasteiger partial charge in [-0.1, -0.05) is 12.1 Å². The molecule has 78 valence electrons. The molecule has 1 atom stereocenters. The van der Waals surface area contributed by atoms with Crippen molar-refractivity contribution in [1.29, 1.82) is 5.26 Å². The van der Waals surface area contributed by atoms with Gasteiger partial charge in [-0.15, -0.1) is 0 Å². The number of para-hydroxylation sites is 1. The number of piperidine rings is 1. The molecule has 2 rings (SSSR count). The molecule has 1 fully saturated rings. The Morgan fingerprint density at radius 1 is 1.40 bits per heavy atom. The van der Waals surface area contributed by atoms with Gasteiger partial charge in [-0.3, -0.25) is 0 Å². The fourth-order valence-electron chi connectivity index (χ4n) is 1.90. The zero-order valence-electron chi connectivity index (χ0n) is 8.66. The van der Waals surface area contributed by atoms with Gasteiger partial charge in [-0.05, 0) is 31.5 Å². The molecule has 1 heterocycles. The van der Waals surface area contributed by atoms with Crippen LogP contribution >= 0.6 is 0 Å². The first-order valence-corrected chi connectivity index (χ1v) is 5.36. The lowest BCUT2D eigenvalue weighted by Gasteiger charge is -2.25. The molecule has 1 aliphatic rings. The maximum Gasteiger partial charge on any atom is 0.101 e. The fourth-order valence-corrected chi connectivity index (χ4v) is 1.90. The minimum Gasteiger partial charge on any atom is -0.380 e. The first-order chi connectivity index (χ1) is 7.40. The number of benzene rings is 1. The maximum atomic E-state index is 8.94. The van der Waals surface area contributed by atoms with E-state index >= 15 is 0 Å². The van der Waals surface area contributed by atoms with Crippen molar-refractivity contribution in [1.82, 2.24) is 5.32 Å². The number of rotatable bonds is 2. The first kappa shape index (κ1) is 10.0. The van der Waals surface area contributed by atoms with E-state index in [1.54, 1.807) is 0 Å². The molecule has 1 saturated heterocycles. The lowest BCUT2D eigenvalue weighted by atomic mass is 10.1. The summed E-state index contributed by atoms with van der Waals surface area (Å²) in [6.45, 7) is 2.10. The van der Waals surface area contributed by atoms with E-state index in [0.29, 0.717) is 6.04 Å². The molecule has 2 N–H and O–H groups in total. The highest BCUT2D eigenvalue weighted by Gasteiger charge is 2.13. The van der Waals surface area contributed by atoms with E-state index < -0.39 is 0 Å². The molecule has 0 aromatic heterocycles. The summed E-state index contributed by atoms with van der Waals surface area (Å²) in [5, 5.41) is 15.7. The molecule has 1 aromatic carbocycles. The van der Waals surface area contributed by atoms with Crippen molar-refractivity contribution in [3.63, 3.8) is 0 Å². The molecule has 0 bridgehead atoms. The standard InChI is InChI=1S/C12H15N3/c13-8-10-4-1-2-6-12(10)15-11-5-3-7-14-9-11/h1-2,4,6,11,14-15H,3,5,7,9H2. The average Bonchev–Trinajstić information content (AvgIpc) is 2.31. The summed E-state index contributed by atoms with van der Waals surface area (Å²) >= 11 is 0. The molecule has 3 heteroatoms. The molecule has 1 aliphatic heterocycles. The summed E-state index contributed by atoms with van der Waals surface area (Å²) in [6.07, 6.45) is 2.37. The van der Waals surface area contributed by atoms with Gasteiger partial charge in [-0.25, -0.2) is 0 Å². The second-order valence-electron chi connectivity index (χ2n) is 3.85. The highest BCUT2D eigenvalue weighted by Crippen LogP contribution is 2.16. The van der Waals surface area contributed by atoms with Crippen LogP contribution in [0.15, 0.2) is 24.3 Å². The quantitative estimate of drug-likeness (QED) is 0.766. The highest BCUT2D eigenvalue weighted by molar-refractivity contribution is 5.57. The predicted molar refractivity (Wildman–Crippen MR) is 60.7 cm³/mol. The first-order valence-electron chi connectivity index (χ1n) is 5.36. The summed E-state index contributed by atoms with van der Waals surface area (Å²) in [5.41, 5.74) is 1.68. The maximum absolute atomic E-state index is 8.94. The Hall–Kier alpha value is -1.53. The van der Waals surface area contributed by atoms with E-state index in [2.05, 4.69) is 16.7 Å². The van der Waals surface area contributed by atoms with Gasteiger partial charge in [0.25, 0.3) is 0 Å². The molecule has 1 unspecified atom stereocenters. The number of anilines is 1. The van der Waals surface area contributed by atoms with Crippen molar-refractivity contribution >= 4 is 5.69 Å². The van der Waals surface area contributed by atoms with Gasteiger partial charge in [0.1, 0.15) is 6.07 Å². The van der Waals surface area contributed by atoms with Gasteiger partial charge >= 0.3 is 0 Å². The Labute approximate surface area is 90.1 Å². The number of nitriles is 1. The number of nitrogens with one attached hydrogen (secondary N) is 2. The lowest BCUT2D eigenvalue weighted by Crippen LogP contribution is -2.38. The minimum atomic E-state index is 0.452. The summed E-state index contributed by atoms with van der Waals surface area (Å²) in [4.78, 5) is 0. The SMILES string of the molecule is N#Cc1ccccc1NC1CCCNC1. The van der Waals surface area contributed by atoms with E-state index in [1.807, 2.05) is 24.3 Å². The van der Waals surface area contributed by atoms with Crippen molar-refractivity contribution in [2.24, 2.45) is 0 Å². The van der Waals surface area contributed by atoms with Gasteiger partial charge in [0.05, 0.1) is 11.3 Å². The van der Waals surface area contributed by atoms with Gasteiger partial charge < -0.3 is 10.6 Å². The van der Waals surface area contributed by atoms with Crippen molar-refractivity contribution in [2.45, 2.75) is 18.9 Å². The van der Waals surface area contributed by atoms with E-state index in [-0.39, 0.29) is 0 Å². The van der Waals surface area contributed by atoms with E-state index in [1.165, 1.54) is 12.8 Å². The largest absolute Gasteiger partial charge is 0.380 e. The van der Waals surface area contributed by atoms with Crippen LogP contribution in [0.25, 0.3) is 0 Å². The van der Waals surface area contributed by atoms with Crippen LogP contribution in [0.3, 0.4) is 0 Å².